The molecule has 3 nitrogen and oxygen atoms in total. The van der Waals surface area contributed by atoms with Gasteiger partial charge >= 0.3 is 0 Å². The van der Waals surface area contributed by atoms with E-state index in [-0.39, 0.29) is 0 Å². The van der Waals surface area contributed by atoms with E-state index >= 15 is 0 Å². The molecule has 0 aliphatic heterocycles. The molecule has 14 heavy (non-hydrogen) atoms. The Labute approximate surface area is 90.5 Å². The van der Waals surface area contributed by atoms with Crippen LogP contribution in [0.15, 0.2) is 0 Å². The van der Waals surface area contributed by atoms with Gasteiger partial charge in [-0.25, -0.2) is 0 Å². The molecule has 0 aromatic carbocycles. The number of aromatic nitrogens is 3. The minimum atomic E-state index is 0.466. The highest BCUT2D eigenvalue weighted by atomic mass is 32.1. The van der Waals surface area contributed by atoms with Gasteiger partial charge < -0.3 is 4.57 Å². The van der Waals surface area contributed by atoms with Crippen LogP contribution in [0.4, 0.5) is 0 Å². The molecule has 0 spiro atoms. The predicted octanol–water partition coefficient (Wildman–Crippen LogP) is 3.39. The number of rotatable bonds is 5. The normalized spacial score (nSPS) is 13.1. The van der Waals surface area contributed by atoms with Crippen LogP contribution in [0.25, 0.3) is 0 Å². The summed E-state index contributed by atoms with van der Waals surface area (Å²) in [6, 6.07) is 0.466. The maximum Gasteiger partial charge on any atom is 0.195 e. The molecule has 1 N–H and O–H groups in total. The number of H-pyrrole nitrogens is 1. The fraction of sp³-hybridized carbons (Fsp3) is 0.800. The van der Waals surface area contributed by atoms with Gasteiger partial charge in [0.05, 0.1) is 0 Å². The van der Waals surface area contributed by atoms with E-state index in [1.54, 1.807) is 0 Å². The van der Waals surface area contributed by atoms with E-state index in [1.807, 2.05) is 6.92 Å². The first kappa shape index (κ1) is 11.4. The molecule has 1 unspecified atom stereocenters. The van der Waals surface area contributed by atoms with Crippen LogP contribution in [-0.2, 0) is 0 Å². The van der Waals surface area contributed by atoms with Gasteiger partial charge in [0.1, 0.15) is 5.82 Å². The van der Waals surface area contributed by atoms with Crippen LogP contribution in [0.3, 0.4) is 0 Å². The standard InChI is InChI=1S/C10H19N3S/c1-4-5-6-7-8(2)13-9(3)11-12-10(13)14/h8H,4-7H2,1-3H3,(H,12,14). The predicted molar refractivity (Wildman–Crippen MR) is 61.0 cm³/mol. The molecule has 0 radical (unpaired) electrons. The fourth-order valence-electron chi connectivity index (χ4n) is 1.72. The van der Waals surface area contributed by atoms with Crippen LogP contribution in [0.2, 0.25) is 0 Å². The van der Waals surface area contributed by atoms with E-state index < -0.39 is 0 Å². The second kappa shape index (κ2) is 5.29. The second-order valence-electron chi connectivity index (χ2n) is 3.79. The highest BCUT2D eigenvalue weighted by Crippen LogP contribution is 2.16. The van der Waals surface area contributed by atoms with E-state index in [0.717, 1.165) is 10.6 Å². The zero-order valence-corrected chi connectivity index (χ0v) is 10.0. The Morgan fingerprint density at radius 2 is 2.21 bits per heavy atom. The average Bonchev–Trinajstić information content (AvgIpc) is 2.46. The van der Waals surface area contributed by atoms with Crippen molar-refractivity contribution in [2.24, 2.45) is 0 Å². The van der Waals surface area contributed by atoms with Crippen LogP contribution >= 0.6 is 12.2 Å². The first-order valence-corrected chi connectivity index (χ1v) is 5.71. The molecule has 0 fully saturated rings. The molecular weight excluding hydrogens is 194 g/mol. The van der Waals surface area contributed by atoms with Gasteiger partial charge in [0.25, 0.3) is 0 Å². The summed E-state index contributed by atoms with van der Waals surface area (Å²) in [4.78, 5) is 0. The summed E-state index contributed by atoms with van der Waals surface area (Å²) in [6.07, 6.45) is 5.02. The van der Waals surface area contributed by atoms with Crippen molar-refractivity contribution in [3.05, 3.63) is 10.6 Å². The summed E-state index contributed by atoms with van der Waals surface area (Å²) in [5.41, 5.74) is 0. The molecular formula is C10H19N3S. The molecule has 1 aromatic rings. The molecule has 1 rings (SSSR count). The van der Waals surface area contributed by atoms with E-state index in [1.165, 1.54) is 25.7 Å². The monoisotopic (exact) mass is 213 g/mol. The van der Waals surface area contributed by atoms with Crippen molar-refractivity contribution in [3.63, 3.8) is 0 Å². The van der Waals surface area contributed by atoms with Crippen molar-refractivity contribution in [2.75, 3.05) is 0 Å². The van der Waals surface area contributed by atoms with E-state index in [9.17, 15) is 0 Å². The summed E-state index contributed by atoms with van der Waals surface area (Å²) in [5, 5.41) is 6.94. The van der Waals surface area contributed by atoms with Crippen molar-refractivity contribution in [3.8, 4) is 0 Å². The molecule has 0 bridgehead atoms. The Balaban J connectivity index is 2.60. The molecule has 0 saturated carbocycles. The second-order valence-corrected chi connectivity index (χ2v) is 4.18. The van der Waals surface area contributed by atoms with Gasteiger partial charge in [0.15, 0.2) is 4.77 Å². The van der Waals surface area contributed by atoms with Crippen LogP contribution in [0.1, 0.15) is 51.4 Å². The Kier molecular flexibility index (Phi) is 4.32. The maximum atomic E-state index is 5.17. The summed E-state index contributed by atoms with van der Waals surface area (Å²) in [5.74, 6) is 0.985. The van der Waals surface area contributed by atoms with E-state index in [2.05, 4.69) is 28.6 Å². The van der Waals surface area contributed by atoms with E-state index in [4.69, 9.17) is 12.2 Å². The molecule has 0 aliphatic carbocycles. The van der Waals surface area contributed by atoms with Gasteiger partial charge in [-0.15, -0.1) is 0 Å². The minimum absolute atomic E-state index is 0.466. The summed E-state index contributed by atoms with van der Waals surface area (Å²) in [6.45, 7) is 6.41. The SMILES string of the molecule is CCCCCC(C)n1c(C)n[nH]c1=S. The largest absolute Gasteiger partial charge is 0.302 e. The molecule has 4 heteroatoms. The minimum Gasteiger partial charge on any atom is -0.302 e. The number of nitrogens with one attached hydrogen (secondary N) is 1. The van der Waals surface area contributed by atoms with Crippen molar-refractivity contribution in [1.29, 1.82) is 0 Å². The van der Waals surface area contributed by atoms with Crippen LogP contribution < -0.4 is 0 Å². The Hall–Kier alpha value is -0.640. The number of hydrogen-bond donors (Lipinski definition) is 1. The lowest BCUT2D eigenvalue weighted by atomic mass is 10.1. The van der Waals surface area contributed by atoms with Gasteiger partial charge in [-0.2, -0.15) is 5.10 Å². The lowest BCUT2D eigenvalue weighted by molar-refractivity contribution is 0.464. The zero-order valence-electron chi connectivity index (χ0n) is 9.21. The topological polar surface area (TPSA) is 33.6 Å². The third-order valence-corrected chi connectivity index (χ3v) is 2.83. The van der Waals surface area contributed by atoms with Gasteiger partial charge in [0.2, 0.25) is 0 Å². The quantitative estimate of drug-likeness (QED) is 0.601. The molecule has 1 aromatic heterocycles. The zero-order chi connectivity index (χ0) is 10.6. The van der Waals surface area contributed by atoms with Gasteiger partial charge in [-0.05, 0) is 32.5 Å². The molecule has 1 atom stereocenters. The summed E-state index contributed by atoms with van der Waals surface area (Å²) < 4.78 is 2.84. The molecule has 0 amide bonds. The third kappa shape index (κ3) is 2.67. The number of aromatic amines is 1. The number of nitrogens with zero attached hydrogens (tertiary/aromatic N) is 2. The van der Waals surface area contributed by atoms with Crippen molar-refractivity contribution >= 4 is 12.2 Å². The lowest BCUT2D eigenvalue weighted by Crippen LogP contribution is -2.07. The summed E-state index contributed by atoms with van der Waals surface area (Å²) in [7, 11) is 0. The number of unbranched alkanes of at least 4 members (excludes halogenated alkanes) is 2. The van der Waals surface area contributed by atoms with Crippen LogP contribution in [0, 0.1) is 11.7 Å². The van der Waals surface area contributed by atoms with Gasteiger partial charge in [-0.3, -0.25) is 5.10 Å². The highest BCUT2D eigenvalue weighted by Gasteiger charge is 2.08. The average molecular weight is 213 g/mol. The molecule has 1 heterocycles. The Morgan fingerprint density at radius 1 is 1.50 bits per heavy atom. The highest BCUT2D eigenvalue weighted by molar-refractivity contribution is 7.71. The smallest absolute Gasteiger partial charge is 0.195 e. The number of hydrogen-bond acceptors (Lipinski definition) is 2. The van der Waals surface area contributed by atoms with Crippen molar-refractivity contribution < 1.29 is 0 Å². The van der Waals surface area contributed by atoms with Crippen molar-refractivity contribution in [1.82, 2.24) is 14.8 Å². The first-order valence-electron chi connectivity index (χ1n) is 5.30. The molecule has 0 aliphatic rings. The van der Waals surface area contributed by atoms with Crippen LogP contribution in [0.5, 0.6) is 0 Å². The van der Waals surface area contributed by atoms with Gasteiger partial charge in [-0.1, -0.05) is 26.2 Å². The van der Waals surface area contributed by atoms with Crippen molar-refractivity contribution in [2.45, 2.75) is 52.5 Å². The Bertz CT molecular complexity index is 326. The fourth-order valence-corrected chi connectivity index (χ4v) is 2.08. The van der Waals surface area contributed by atoms with Gasteiger partial charge in [0, 0.05) is 6.04 Å². The first-order chi connectivity index (χ1) is 6.66. The maximum absolute atomic E-state index is 5.17. The summed E-state index contributed by atoms with van der Waals surface area (Å²) >= 11 is 5.17. The van der Waals surface area contributed by atoms with E-state index in [0.29, 0.717) is 6.04 Å². The Morgan fingerprint density at radius 3 is 2.71 bits per heavy atom. The lowest BCUT2D eigenvalue weighted by Gasteiger charge is -2.13. The van der Waals surface area contributed by atoms with Crippen LogP contribution in [-0.4, -0.2) is 14.8 Å². The number of aryl methyl sites for hydroxylation is 1. The molecule has 80 valence electrons. The third-order valence-electron chi connectivity index (χ3n) is 2.55. The molecule has 0 saturated heterocycles.